The SMILES string of the molecule is O=C(O)c1ccc(N2C=CN(CCCc3ccccc3)C(=O)[C@@H]2Cc2ccc(Cl)cc2)c([N+](=O)[O-])c1. The predicted molar refractivity (Wildman–Crippen MR) is 137 cm³/mol. The Balaban J connectivity index is 1.64. The van der Waals surface area contributed by atoms with E-state index in [0.717, 1.165) is 24.5 Å². The predicted octanol–water partition coefficient (Wildman–Crippen LogP) is 5.31. The fraction of sp³-hybridized carbons (Fsp3) is 0.185. The minimum atomic E-state index is -1.27. The first kappa shape index (κ1) is 24.9. The molecule has 0 unspecified atom stereocenters. The summed E-state index contributed by atoms with van der Waals surface area (Å²) in [5.74, 6) is -1.46. The lowest BCUT2D eigenvalue weighted by Crippen LogP contribution is -2.50. The van der Waals surface area contributed by atoms with Crippen LogP contribution in [-0.4, -0.2) is 39.4 Å². The highest BCUT2D eigenvalue weighted by molar-refractivity contribution is 6.30. The molecule has 1 aliphatic rings. The summed E-state index contributed by atoms with van der Waals surface area (Å²) in [5.41, 5.74) is 1.59. The fourth-order valence-electron chi connectivity index (χ4n) is 4.22. The molecule has 0 bridgehead atoms. The quantitative estimate of drug-likeness (QED) is 0.312. The van der Waals surface area contributed by atoms with Crippen LogP contribution in [0.4, 0.5) is 11.4 Å². The van der Waals surface area contributed by atoms with Crippen LogP contribution in [-0.2, 0) is 17.6 Å². The van der Waals surface area contributed by atoms with E-state index in [1.807, 2.05) is 42.5 Å². The molecule has 0 spiro atoms. The third kappa shape index (κ3) is 5.72. The van der Waals surface area contributed by atoms with Gasteiger partial charge in [-0.1, -0.05) is 54.1 Å². The van der Waals surface area contributed by atoms with Gasteiger partial charge in [-0.3, -0.25) is 14.9 Å². The Morgan fingerprint density at radius 2 is 1.72 bits per heavy atom. The van der Waals surface area contributed by atoms with E-state index in [1.165, 1.54) is 17.7 Å². The van der Waals surface area contributed by atoms with Crippen LogP contribution in [0.2, 0.25) is 5.02 Å². The number of aryl methyl sites for hydroxylation is 1. The zero-order valence-corrected chi connectivity index (χ0v) is 20.0. The molecule has 0 radical (unpaired) electrons. The molecule has 0 fully saturated rings. The maximum Gasteiger partial charge on any atom is 0.335 e. The number of aromatic carboxylic acids is 1. The zero-order chi connectivity index (χ0) is 25.7. The molecule has 1 amide bonds. The summed E-state index contributed by atoms with van der Waals surface area (Å²) in [6.07, 6.45) is 5.12. The molecule has 1 N–H and O–H groups in total. The Morgan fingerprint density at radius 1 is 1.00 bits per heavy atom. The van der Waals surface area contributed by atoms with Crippen LogP contribution in [0.15, 0.2) is 85.2 Å². The van der Waals surface area contributed by atoms with E-state index in [-0.39, 0.29) is 29.3 Å². The highest BCUT2D eigenvalue weighted by atomic mass is 35.5. The topological polar surface area (TPSA) is 104 Å². The Hall–Kier alpha value is -4.17. The van der Waals surface area contributed by atoms with Gasteiger partial charge in [0.15, 0.2) is 0 Å². The monoisotopic (exact) mass is 505 g/mol. The number of hydrogen-bond donors (Lipinski definition) is 1. The largest absolute Gasteiger partial charge is 0.478 e. The first-order valence-corrected chi connectivity index (χ1v) is 11.8. The molecule has 8 nitrogen and oxygen atoms in total. The highest BCUT2D eigenvalue weighted by Gasteiger charge is 2.35. The molecule has 1 atom stereocenters. The summed E-state index contributed by atoms with van der Waals surface area (Å²) in [4.78, 5) is 39.4. The number of nitro groups is 1. The summed E-state index contributed by atoms with van der Waals surface area (Å²) < 4.78 is 0. The third-order valence-electron chi connectivity index (χ3n) is 6.06. The van der Waals surface area contributed by atoms with Crippen LogP contribution >= 0.6 is 11.6 Å². The van der Waals surface area contributed by atoms with E-state index in [4.69, 9.17) is 11.6 Å². The van der Waals surface area contributed by atoms with Crippen LogP contribution in [0.25, 0.3) is 0 Å². The number of nitro benzene ring substituents is 1. The van der Waals surface area contributed by atoms with E-state index >= 15 is 0 Å². The van der Waals surface area contributed by atoms with Crippen molar-refractivity contribution in [1.82, 2.24) is 4.90 Å². The second-order valence-electron chi connectivity index (χ2n) is 8.44. The lowest BCUT2D eigenvalue weighted by atomic mass is 10.0. The number of carboxylic acids is 1. The Labute approximate surface area is 213 Å². The van der Waals surface area contributed by atoms with Crippen LogP contribution in [0.3, 0.4) is 0 Å². The van der Waals surface area contributed by atoms with Crippen molar-refractivity contribution in [2.75, 3.05) is 11.4 Å². The second kappa shape index (κ2) is 11.0. The number of carboxylic acid groups (broad SMARTS) is 1. The Bertz CT molecular complexity index is 1290. The number of amides is 1. The molecule has 3 aromatic carbocycles. The molecule has 0 saturated heterocycles. The lowest BCUT2D eigenvalue weighted by Gasteiger charge is -2.37. The van der Waals surface area contributed by atoms with Crippen molar-refractivity contribution < 1.29 is 19.6 Å². The van der Waals surface area contributed by atoms with Crippen molar-refractivity contribution >= 4 is 34.9 Å². The number of rotatable bonds is 9. The molecule has 1 heterocycles. The number of halogens is 1. The van der Waals surface area contributed by atoms with Crippen molar-refractivity contribution in [2.45, 2.75) is 25.3 Å². The molecule has 36 heavy (non-hydrogen) atoms. The van der Waals surface area contributed by atoms with Gasteiger partial charge >= 0.3 is 5.97 Å². The van der Waals surface area contributed by atoms with Crippen molar-refractivity contribution in [3.8, 4) is 0 Å². The van der Waals surface area contributed by atoms with E-state index in [0.29, 0.717) is 11.6 Å². The molecular weight excluding hydrogens is 482 g/mol. The number of carbonyl (C=O) groups excluding carboxylic acids is 1. The summed E-state index contributed by atoms with van der Waals surface area (Å²) in [6.45, 7) is 0.495. The van der Waals surface area contributed by atoms with Crippen molar-refractivity contribution in [2.24, 2.45) is 0 Å². The maximum absolute atomic E-state index is 13.6. The minimum Gasteiger partial charge on any atom is -0.478 e. The molecule has 0 aliphatic carbocycles. The van der Waals surface area contributed by atoms with Gasteiger partial charge < -0.3 is 14.9 Å². The molecule has 9 heteroatoms. The molecule has 3 aromatic rings. The number of carbonyl (C=O) groups is 2. The molecule has 4 rings (SSSR count). The molecule has 184 valence electrons. The van der Waals surface area contributed by atoms with Gasteiger partial charge in [0.2, 0.25) is 5.91 Å². The van der Waals surface area contributed by atoms with Crippen LogP contribution in [0.1, 0.15) is 27.9 Å². The van der Waals surface area contributed by atoms with Crippen molar-refractivity contribution in [3.05, 3.63) is 117 Å². The number of nitrogens with zero attached hydrogens (tertiary/aromatic N) is 3. The van der Waals surface area contributed by atoms with E-state index in [9.17, 15) is 24.8 Å². The third-order valence-corrected chi connectivity index (χ3v) is 6.31. The van der Waals surface area contributed by atoms with E-state index in [2.05, 4.69) is 0 Å². The number of benzene rings is 3. The second-order valence-corrected chi connectivity index (χ2v) is 8.87. The van der Waals surface area contributed by atoms with Crippen LogP contribution in [0, 0.1) is 10.1 Å². The van der Waals surface area contributed by atoms with Gasteiger partial charge in [0.25, 0.3) is 5.69 Å². The smallest absolute Gasteiger partial charge is 0.335 e. The fourth-order valence-corrected chi connectivity index (χ4v) is 4.35. The van der Waals surface area contributed by atoms with Gasteiger partial charge in [0.05, 0.1) is 10.5 Å². The van der Waals surface area contributed by atoms with E-state index in [1.54, 1.807) is 34.3 Å². The van der Waals surface area contributed by atoms with Gasteiger partial charge in [-0.15, -0.1) is 0 Å². The van der Waals surface area contributed by atoms with Gasteiger partial charge in [0, 0.05) is 36.5 Å². The summed E-state index contributed by atoms with van der Waals surface area (Å²) in [7, 11) is 0. The van der Waals surface area contributed by atoms with E-state index < -0.39 is 16.9 Å². The van der Waals surface area contributed by atoms with Crippen molar-refractivity contribution in [1.29, 1.82) is 0 Å². The Kier molecular flexibility index (Phi) is 7.65. The number of anilines is 1. The molecule has 0 saturated carbocycles. The first-order chi connectivity index (χ1) is 17.3. The molecular formula is C27H24ClN3O5. The van der Waals surface area contributed by atoms with Gasteiger partial charge in [-0.05, 0) is 48.2 Å². The van der Waals surface area contributed by atoms with Gasteiger partial charge in [-0.2, -0.15) is 0 Å². The zero-order valence-electron chi connectivity index (χ0n) is 19.3. The normalized spacial score (nSPS) is 15.2. The highest BCUT2D eigenvalue weighted by Crippen LogP contribution is 2.34. The number of hydrogen-bond acceptors (Lipinski definition) is 5. The van der Waals surface area contributed by atoms with Gasteiger partial charge in [-0.25, -0.2) is 4.79 Å². The minimum absolute atomic E-state index is 0.150. The van der Waals surface area contributed by atoms with Crippen LogP contribution < -0.4 is 4.90 Å². The van der Waals surface area contributed by atoms with Crippen molar-refractivity contribution in [3.63, 3.8) is 0 Å². The molecule has 1 aliphatic heterocycles. The standard InChI is InChI=1S/C27H24ClN3O5/c28-22-11-8-20(9-12-22)17-25-26(32)29(14-4-7-19-5-2-1-3-6-19)15-16-30(25)23-13-10-21(27(33)34)18-24(23)31(35)36/h1-3,5-6,8-13,15-16,18,25H,4,7,14,17H2,(H,33,34)/t25-/m0/s1. The summed E-state index contributed by atoms with van der Waals surface area (Å²) in [5, 5.41) is 21.7. The average molecular weight is 506 g/mol. The average Bonchev–Trinajstić information content (AvgIpc) is 2.87. The first-order valence-electron chi connectivity index (χ1n) is 11.4. The Morgan fingerprint density at radius 3 is 2.39 bits per heavy atom. The lowest BCUT2D eigenvalue weighted by molar-refractivity contribution is -0.384. The summed E-state index contributed by atoms with van der Waals surface area (Å²) in [6, 6.07) is 20.0. The van der Waals surface area contributed by atoms with Crippen LogP contribution in [0.5, 0.6) is 0 Å². The molecule has 0 aromatic heterocycles. The van der Waals surface area contributed by atoms with Gasteiger partial charge in [0.1, 0.15) is 11.7 Å². The summed E-state index contributed by atoms with van der Waals surface area (Å²) >= 11 is 6.01. The maximum atomic E-state index is 13.6.